The maximum Gasteiger partial charge on any atom is 0.254 e. The Morgan fingerprint density at radius 2 is 1.81 bits per heavy atom. The second-order valence-electron chi connectivity index (χ2n) is 5.97. The molecule has 2 aliphatic rings. The zero-order valence-electron chi connectivity index (χ0n) is 12.9. The van der Waals surface area contributed by atoms with Crippen molar-refractivity contribution in [2.24, 2.45) is 5.92 Å². The number of unbranched alkanes of at least 4 members (excludes halogenated alkanes) is 1. The van der Waals surface area contributed by atoms with Crippen LogP contribution in [0.1, 0.15) is 46.0 Å². The lowest BCUT2D eigenvalue weighted by atomic mass is 9.91. The average molecular weight is 292 g/mol. The fourth-order valence-corrected chi connectivity index (χ4v) is 3.10. The van der Waals surface area contributed by atoms with Crippen LogP contribution < -0.4 is 0 Å². The first-order valence-electron chi connectivity index (χ1n) is 7.88. The molecule has 2 rings (SSSR count). The Hall–Kier alpha value is -1.65. The Labute approximate surface area is 126 Å². The summed E-state index contributed by atoms with van der Waals surface area (Å²) in [6, 6.07) is -0.702. The fourth-order valence-electron chi connectivity index (χ4n) is 3.10. The number of carbonyl (C=O) groups is 3. The Bertz CT molecular complexity index is 432. The van der Waals surface area contributed by atoms with Gasteiger partial charge in [0.2, 0.25) is 5.91 Å². The number of carbonyl (C=O) groups excluding carboxylic acids is 3. The summed E-state index contributed by atoms with van der Waals surface area (Å²) in [4.78, 5) is 38.6. The number of piperidine rings is 1. The molecule has 0 aromatic carbocycles. The second kappa shape index (κ2) is 6.87. The standard InChI is InChI=1S/C16H24N2O3/c1-3-4-5-13-8-10-17(11-9-13)16(21)12(2)18-14(19)6-7-15(18)20/h6-7,12-13H,3-5,8-11H2,1-2H3. The van der Waals surface area contributed by atoms with Gasteiger partial charge in [0.05, 0.1) is 0 Å². The molecule has 5 heteroatoms. The molecular formula is C16H24N2O3. The van der Waals surface area contributed by atoms with E-state index in [1.54, 1.807) is 11.8 Å². The quantitative estimate of drug-likeness (QED) is 0.725. The van der Waals surface area contributed by atoms with Crippen molar-refractivity contribution < 1.29 is 14.4 Å². The zero-order chi connectivity index (χ0) is 15.4. The molecule has 2 aliphatic heterocycles. The van der Waals surface area contributed by atoms with Gasteiger partial charge in [-0.15, -0.1) is 0 Å². The Morgan fingerprint density at radius 3 is 2.33 bits per heavy atom. The van der Waals surface area contributed by atoms with Gasteiger partial charge in [-0.05, 0) is 25.7 Å². The van der Waals surface area contributed by atoms with E-state index in [0.717, 1.165) is 30.8 Å². The van der Waals surface area contributed by atoms with Gasteiger partial charge in [0.25, 0.3) is 11.8 Å². The molecule has 0 aromatic rings. The maximum atomic E-state index is 12.4. The van der Waals surface area contributed by atoms with Crippen LogP contribution in [0.2, 0.25) is 0 Å². The van der Waals surface area contributed by atoms with Gasteiger partial charge in [0.15, 0.2) is 0 Å². The fraction of sp³-hybridized carbons (Fsp3) is 0.688. The minimum atomic E-state index is -0.702. The lowest BCUT2D eigenvalue weighted by Crippen LogP contribution is -2.51. The van der Waals surface area contributed by atoms with E-state index in [0.29, 0.717) is 5.92 Å². The Morgan fingerprint density at radius 1 is 1.24 bits per heavy atom. The Kier molecular flexibility index (Phi) is 5.15. The van der Waals surface area contributed by atoms with Gasteiger partial charge in [0, 0.05) is 25.2 Å². The topological polar surface area (TPSA) is 57.7 Å². The minimum Gasteiger partial charge on any atom is -0.341 e. The number of amides is 3. The molecular weight excluding hydrogens is 268 g/mol. The number of nitrogens with zero attached hydrogens (tertiary/aromatic N) is 2. The van der Waals surface area contributed by atoms with E-state index in [9.17, 15) is 14.4 Å². The zero-order valence-corrected chi connectivity index (χ0v) is 12.9. The summed E-state index contributed by atoms with van der Waals surface area (Å²) in [6.45, 7) is 5.30. The minimum absolute atomic E-state index is 0.116. The van der Waals surface area contributed by atoms with Crippen LogP contribution in [0.15, 0.2) is 12.2 Å². The smallest absolute Gasteiger partial charge is 0.254 e. The summed E-state index contributed by atoms with van der Waals surface area (Å²) in [6.07, 6.45) is 8.20. The van der Waals surface area contributed by atoms with Crippen LogP contribution in [-0.2, 0) is 14.4 Å². The van der Waals surface area contributed by atoms with Crippen LogP contribution in [0, 0.1) is 5.92 Å². The van der Waals surface area contributed by atoms with Gasteiger partial charge < -0.3 is 4.90 Å². The van der Waals surface area contributed by atoms with Crippen LogP contribution in [0.3, 0.4) is 0 Å². The first-order chi connectivity index (χ1) is 10.0. The molecule has 0 radical (unpaired) electrons. The predicted molar refractivity (Wildman–Crippen MR) is 79.3 cm³/mol. The van der Waals surface area contributed by atoms with Gasteiger partial charge in [-0.1, -0.05) is 26.2 Å². The second-order valence-corrected chi connectivity index (χ2v) is 5.97. The van der Waals surface area contributed by atoms with Gasteiger partial charge >= 0.3 is 0 Å². The molecule has 21 heavy (non-hydrogen) atoms. The van der Waals surface area contributed by atoms with E-state index in [1.165, 1.54) is 31.4 Å². The lowest BCUT2D eigenvalue weighted by Gasteiger charge is -2.35. The first kappa shape index (κ1) is 15.7. The highest BCUT2D eigenvalue weighted by molar-refractivity contribution is 6.15. The van der Waals surface area contributed by atoms with E-state index < -0.39 is 17.9 Å². The van der Waals surface area contributed by atoms with Gasteiger partial charge in [-0.25, -0.2) is 0 Å². The third kappa shape index (κ3) is 3.52. The van der Waals surface area contributed by atoms with Crippen LogP contribution in [0.4, 0.5) is 0 Å². The third-order valence-electron chi connectivity index (χ3n) is 4.48. The molecule has 0 bridgehead atoms. The van der Waals surface area contributed by atoms with Crippen molar-refractivity contribution in [2.75, 3.05) is 13.1 Å². The summed E-state index contributed by atoms with van der Waals surface area (Å²) in [5.74, 6) is -0.187. The van der Waals surface area contributed by atoms with E-state index >= 15 is 0 Å². The molecule has 5 nitrogen and oxygen atoms in total. The maximum absolute atomic E-state index is 12.4. The normalized spacial score (nSPS) is 21.2. The first-order valence-corrected chi connectivity index (χ1v) is 7.88. The van der Waals surface area contributed by atoms with Crippen molar-refractivity contribution >= 4 is 17.7 Å². The molecule has 0 aliphatic carbocycles. The highest BCUT2D eigenvalue weighted by Gasteiger charge is 2.35. The highest BCUT2D eigenvalue weighted by Crippen LogP contribution is 2.23. The Balaban J connectivity index is 1.87. The number of rotatable bonds is 5. The molecule has 0 saturated carbocycles. The van der Waals surface area contributed by atoms with E-state index in [4.69, 9.17) is 0 Å². The molecule has 0 N–H and O–H groups in total. The summed E-state index contributed by atoms with van der Waals surface area (Å²) >= 11 is 0. The van der Waals surface area contributed by atoms with Crippen molar-refractivity contribution in [3.63, 3.8) is 0 Å². The van der Waals surface area contributed by atoms with Crippen molar-refractivity contribution in [3.05, 3.63) is 12.2 Å². The molecule has 3 amide bonds. The van der Waals surface area contributed by atoms with Crippen LogP contribution >= 0.6 is 0 Å². The third-order valence-corrected chi connectivity index (χ3v) is 4.48. The summed E-state index contributed by atoms with van der Waals surface area (Å²) in [5, 5.41) is 0. The number of imide groups is 1. The van der Waals surface area contributed by atoms with Crippen LogP contribution in [0.5, 0.6) is 0 Å². The SMILES string of the molecule is CCCCC1CCN(C(=O)C(C)N2C(=O)C=CC2=O)CC1. The molecule has 1 unspecified atom stereocenters. The molecule has 116 valence electrons. The van der Waals surface area contributed by atoms with E-state index in [1.807, 2.05) is 0 Å². The van der Waals surface area contributed by atoms with Crippen LogP contribution in [-0.4, -0.2) is 46.7 Å². The average Bonchev–Trinajstić information content (AvgIpc) is 2.83. The number of hydrogen-bond acceptors (Lipinski definition) is 3. The van der Waals surface area contributed by atoms with Gasteiger partial charge in [-0.2, -0.15) is 0 Å². The van der Waals surface area contributed by atoms with E-state index in [-0.39, 0.29) is 5.91 Å². The summed E-state index contributed by atoms with van der Waals surface area (Å²) < 4.78 is 0. The van der Waals surface area contributed by atoms with Crippen molar-refractivity contribution in [3.8, 4) is 0 Å². The summed E-state index contributed by atoms with van der Waals surface area (Å²) in [5.41, 5.74) is 0. The van der Waals surface area contributed by atoms with Gasteiger partial charge in [0.1, 0.15) is 6.04 Å². The van der Waals surface area contributed by atoms with Crippen molar-refractivity contribution in [1.82, 2.24) is 9.80 Å². The molecule has 0 spiro atoms. The number of likely N-dealkylation sites (tertiary alicyclic amines) is 1. The largest absolute Gasteiger partial charge is 0.341 e. The predicted octanol–water partition coefficient (Wildman–Crippen LogP) is 1.73. The lowest BCUT2D eigenvalue weighted by molar-refractivity contribution is -0.149. The number of hydrogen-bond donors (Lipinski definition) is 0. The molecule has 1 fully saturated rings. The monoisotopic (exact) mass is 292 g/mol. The molecule has 1 atom stereocenters. The summed E-state index contributed by atoms with van der Waals surface area (Å²) in [7, 11) is 0. The van der Waals surface area contributed by atoms with Crippen LogP contribution in [0.25, 0.3) is 0 Å². The molecule has 1 saturated heterocycles. The van der Waals surface area contributed by atoms with Gasteiger partial charge in [-0.3, -0.25) is 19.3 Å². The van der Waals surface area contributed by atoms with Crippen molar-refractivity contribution in [2.45, 2.75) is 52.0 Å². The molecule has 2 heterocycles. The van der Waals surface area contributed by atoms with E-state index in [2.05, 4.69) is 6.92 Å². The highest BCUT2D eigenvalue weighted by atomic mass is 16.2. The van der Waals surface area contributed by atoms with Crippen molar-refractivity contribution in [1.29, 1.82) is 0 Å². The molecule has 0 aromatic heterocycles.